The Morgan fingerprint density at radius 1 is 1.00 bits per heavy atom. The second-order valence-electron chi connectivity index (χ2n) is 13.0. The minimum atomic E-state index is -0.532. The van der Waals surface area contributed by atoms with Gasteiger partial charge in [-0.25, -0.2) is 0 Å². The molecule has 0 bridgehead atoms. The zero-order valence-corrected chi connectivity index (χ0v) is 21.8. The normalized spacial score (nSPS) is 48.7. The molecule has 34 heavy (non-hydrogen) atoms. The number of fused-ring (bicyclic) bond motifs is 5. The summed E-state index contributed by atoms with van der Waals surface area (Å²) in [4.78, 5) is 11.8. The topological polar surface area (TPSA) is 107 Å². The molecule has 13 atom stereocenters. The van der Waals surface area contributed by atoms with Crippen LogP contribution in [0.4, 0.5) is 0 Å². The Balaban J connectivity index is 1.51. The highest BCUT2D eigenvalue weighted by molar-refractivity contribution is 5.71. The summed E-state index contributed by atoms with van der Waals surface area (Å²) in [5.41, 5.74) is -0.257. The highest BCUT2D eigenvalue weighted by Crippen LogP contribution is 2.68. The monoisotopic (exact) mass is 480 g/mol. The molecule has 196 valence electrons. The number of methoxy groups -OCH3 is 1. The maximum Gasteiger partial charge on any atom is 0.308 e. The standard InChI is InChI=1S/C28H48O6/c1-15(26(33)34-5)6-9-22(30)16(2)19-7-8-20-25-21(14-24(32)28(19,20)4)27(3)11-10-18(29)12-17(27)13-23(25)31/h15-25,29-32H,6-14H2,1-5H3/t15-,16+,17+,18-,19+,20-,21-,22+,23-,24+,25+,27+,28-/m1/s1. The molecule has 0 aromatic heterocycles. The lowest BCUT2D eigenvalue weighted by Gasteiger charge is -2.63. The molecule has 4 saturated carbocycles. The van der Waals surface area contributed by atoms with Gasteiger partial charge in [0.25, 0.3) is 0 Å². The fourth-order valence-electron chi connectivity index (χ4n) is 9.33. The molecule has 0 radical (unpaired) electrons. The lowest BCUT2D eigenvalue weighted by molar-refractivity contribution is -0.208. The van der Waals surface area contributed by atoms with Crippen LogP contribution in [-0.2, 0) is 9.53 Å². The van der Waals surface area contributed by atoms with E-state index in [4.69, 9.17) is 4.74 Å². The summed E-state index contributed by atoms with van der Waals surface area (Å²) in [5.74, 6) is 0.742. The molecule has 0 aromatic rings. The third-order valence-corrected chi connectivity index (χ3v) is 11.6. The molecule has 0 aliphatic heterocycles. The minimum Gasteiger partial charge on any atom is -0.469 e. The summed E-state index contributed by atoms with van der Waals surface area (Å²) < 4.78 is 4.83. The van der Waals surface area contributed by atoms with Gasteiger partial charge >= 0.3 is 5.97 Å². The van der Waals surface area contributed by atoms with Gasteiger partial charge in [-0.2, -0.15) is 0 Å². The van der Waals surface area contributed by atoms with E-state index in [0.717, 1.165) is 38.5 Å². The molecular weight excluding hydrogens is 432 g/mol. The summed E-state index contributed by atoms with van der Waals surface area (Å²) in [6.45, 7) is 8.50. The van der Waals surface area contributed by atoms with E-state index < -0.39 is 12.2 Å². The smallest absolute Gasteiger partial charge is 0.308 e. The molecule has 4 N–H and O–H groups in total. The number of aliphatic hydroxyl groups excluding tert-OH is 4. The summed E-state index contributed by atoms with van der Waals surface area (Å²) in [7, 11) is 1.40. The second-order valence-corrected chi connectivity index (χ2v) is 13.0. The highest BCUT2D eigenvalue weighted by atomic mass is 16.5. The number of hydrogen-bond donors (Lipinski definition) is 4. The summed E-state index contributed by atoms with van der Waals surface area (Å²) >= 11 is 0. The van der Waals surface area contributed by atoms with Gasteiger partial charge in [0.2, 0.25) is 0 Å². The van der Waals surface area contributed by atoms with Crippen molar-refractivity contribution in [1.29, 1.82) is 0 Å². The van der Waals surface area contributed by atoms with Crippen LogP contribution >= 0.6 is 0 Å². The molecule has 4 rings (SSSR count). The molecule has 4 aliphatic carbocycles. The number of aliphatic hydroxyl groups is 4. The molecule has 0 unspecified atom stereocenters. The largest absolute Gasteiger partial charge is 0.469 e. The summed E-state index contributed by atoms with van der Waals surface area (Å²) in [6.07, 6.45) is 5.45. The SMILES string of the molecule is COC(=O)[C@H](C)CC[C@H](O)[C@@H](C)[C@@H]1CC[C@@H]2[C@@H]3[C@H](O)C[C@@H]4C[C@H](O)CC[C@]4(C)[C@@H]3C[C@H](O)[C@@]21C. The van der Waals surface area contributed by atoms with Crippen molar-refractivity contribution in [2.45, 2.75) is 110 Å². The average molecular weight is 481 g/mol. The third kappa shape index (κ3) is 4.14. The van der Waals surface area contributed by atoms with Crippen molar-refractivity contribution < 1.29 is 30.0 Å². The lowest BCUT2D eigenvalue weighted by atomic mass is 9.43. The number of rotatable bonds is 6. The van der Waals surface area contributed by atoms with E-state index in [1.807, 2.05) is 6.92 Å². The molecular formula is C28H48O6. The lowest BCUT2D eigenvalue weighted by Crippen LogP contribution is -2.62. The fourth-order valence-corrected chi connectivity index (χ4v) is 9.33. The van der Waals surface area contributed by atoms with Crippen LogP contribution in [0, 0.1) is 52.3 Å². The molecule has 4 fully saturated rings. The Hall–Kier alpha value is -0.690. The second kappa shape index (κ2) is 9.64. The molecule has 0 amide bonds. The van der Waals surface area contributed by atoms with Gasteiger partial charge in [0.1, 0.15) is 0 Å². The molecule has 0 spiro atoms. The molecule has 0 heterocycles. The van der Waals surface area contributed by atoms with Gasteiger partial charge in [-0.15, -0.1) is 0 Å². The van der Waals surface area contributed by atoms with E-state index in [2.05, 4.69) is 20.8 Å². The minimum absolute atomic E-state index is 0.0138. The average Bonchev–Trinajstić information content (AvgIpc) is 3.16. The first-order valence-electron chi connectivity index (χ1n) is 13.7. The van der Waals surface area contributed by atoms with E-state index in [1.54, 1.807) is 0 Å². The number of esters is 1. The van der Waals surface area contributed by atoms with Crippen LogP contribution in [0.15, 0.2) is 0 Å². The Labute approximate surface area is 205 Å². The predicted molar refractivity (Wildman–Crippen MR) is 130 cm³/mol. The van der Waals surface area contributed by atoms with Gasteiger partial charge < -0.3 is 25.2 Å². The first kappa shape index (κ1) is 26.4. The van der Waals surface area contributed by atoms with Crippen molar-refractivity contribution in [3.05, 3.63) is 0 Å². The Kier molecular flexibility index (Phi) is 7.48. The molecule has 0 aromatic carbocycles. The van der Waals surface area contributed by atoms with Crippen LogP contribution in [0.5, 0.6) is 0 Å². The van der Waals surface area contributed by atoms with E-state index >= 15 is 0 Å². The van der Waals surface area contributed by atoms with Gasteiger partial charge in [0.15, 0.2) is 0 Å². The van der Waals surface area contributed by atoms with Gasteiger partial charge in [0.05, 0.1) is 37.4 Å². The first-order chi connectivity index (χ1) is 15.9. The van der Waals surface area contributed by atoms with E-state index in [1.165, 1.54) is 7.11 Å². The van der Waals surface area contributed by atoms with E-state index in [-0.39, 0.29) is 64.5 Å². The van der Waals surface area contributed by atoms with Crippen molar-refractivity contribution >= 4 is 5.97 Å². The number of ether oxygens (including phenoxy) is 1. The third-order valence-electron chi connectivity index (χ3n) is 11.6. The maximum absolute atomic E-state index is 11.8. The molecule has 6 heteroatoms. The van der Waals surface area contributed by atoms with Crippen molar-refractivity contribution in [3.8, 4) is 0 Å². The van der Waals surface area contributed by atoms with Crippen LogP contribution < -0.4 is 0 Å². The summed E-state index contributed by atoms with van der Waals surface area (Å²) in [6, 6.07) is 0. The molecule has 4 aliphatic rings. The van der Waals surface area contributed by atoms with Crippen LogP contribution in [0.1, 0.15) is 85.5 Å². The van der Waals surface area contributed by atoms with Crippen molar-refractivity contribution in [3.63, 3.8) is 0 Å². The van der Waals surface area contributed by atoms with Crippen molar-refractivity contribution in [2.75, 3.05) is 7.11 Å². The zero-order chi connectivity index (χ0) is 25.0. The summed E-state index contributed by atoms with van der Waals surface area (Å²) in [5, 5.41) is 44.4. The first-order valence-corrected chi connectivity index (χ1v) is 13.7. The predicted octanol–water partition coefficient (Wildman–Crippen LogP) is 3.53. The van der Waals surface area contributed by atoms with E-state index in [0.29, 0.717) is 25.2 Å². The van der Waals surface area contributed by atoms with Crippen LogP contribution in [0.3, 0.4) is 0 Å². The fraction of sp³-hybridized carbons (Fsp3) is 0.964. The quantitative estimate of drug-likeness (QED) is 0.433. The number of hydrogen-bond acceptors (Lipinski definition) is 6. The van der Waals surface area contributed by atoms with Gasteiger partial charge in [-0.1, -0.05) is 27.7 Å². The molecule has 0 saturated heterocycles. The highest BCUT2D eigenvalue weighted by Gasteiger charge is 2.66. The van der Waals surface area contributed by atoms with Crippen LogP contribution in [0.25, 0.3) is 0 Å². The van der Waals surface area contributed by atoms with E-state index in [9.17, 15) is 25.2 Å². The van der Waals surface area contributed by atoms with Gasteiger partial charge in [-0.05, 0) is 104 Å². The van der Waals surface area contributed by atoms with Crippen LogP contribution in [-0.4, -0.2) is 57.9 Å². The Morgan fingerprint density at radius 2 is 1.71 bits per heavy atom. The zero-order valence-electron chi connectivity index (χ0n) is 21.8. The number of carbonyl (C=O) groups is 1. The van der Waals surface area contributed by atoms with Crippen LogP contribution in [0.2, 0.25) is 0 Å². The maximum atomic E-state index is 11.8. The van der Waals surface area contributed by atoms with Crippen molar-refractivity contribution in [1.82, 2.24) is 0 Å². The van der Waals surface area contributed by atoms with Gasteiger partial charge in [-0.3, -0.25) is 4.79 Å². The Morgan fingerprint density at radius 3 is 2.38 bits per heavy atom. The van der Waals surface area contributed by atoms with Gasteiger partial charge in [0, 0.05) is 0 Å². The Bertz CT molecular complexity index is 742. The molecule has 6 nitrogen and oxygen atoms in total. The van der Waals surface area contributed by atoms with Crippen molar-refractivity contribution in [2.24, 2.45) is 52.3 Å². The number of carbonyl (C=O) groups excluding carboxylic acids is 1.